The van der Waals surface area contributed by atoms with Crippen LogP contribution in [0.4, 0.5) is 0 Å². The fourth-order valence-electron chi connectivity index (χ4n) is 2.24. The molecule has 1 aliphatic rings. The van der Waals surface area contributed by atoms with Gasteiger partial charge in [0.05, 0.1) is 7.11 Å². The zero-order valence-electron chi connectivity index (χ0n) is 10.1. The monoisotopic (exact) mass is 255 g/mol. The van der Waals surface area contributed by atoms with E-state index in [-0.39, 0.29) is 4.90 Å². The molecule has 0 atom stereocenters. The Labute approximate surface area is 102 Å². The molecule has 2 rings (SSSR count). The average Bonchev–Trinajstić information content (AvgIpc) is 2.23. The van der Waals surface area contributed by atoms with Gasteiger partial charge >= 0.3 is 0 Å². The van der Waals surface area contributed by atoms with Crippen LogP contribution in [-0.2, 0) is 15.4 Å². The molecule has 0 saturated heterocycles. The summed E-state index contributed by atoms with van der Waals surface area (Å²) in [6.45, 7) is 0. The number of benzene rings is 1. The summed E-state index contributed by atoms with van der Waals surface area (Å²) in [6, 6.07) is 5.13. The Hall–Kier alpha value is -1.07. The van der Waals surface area contributed by atoms with Crippen molar-refractivity contribution in [3.05, 3.63) is 23.8 Å². The first-order chi connectivity index (χ1) is 7.88. The van der Waals surface area contributed by atoms with Crippen LogP contribution >= 0.6 is 0 Å². The lowest BCUT2D eigenvalue weighted by molar-refractivity contribution is 0.242. The van der Waals surface area contributed by atoms with Gasteiger partial charge in [-0.05, 0) is 25.3 Å². The van der Waals surface area contributed by atoms with Crippen LogP contribution in [0.1, 0.15) is 24.8 Å². The predicted molar refractivity (Wildman–Crippen MR) is 65.8 cm³/mol. The van der Waals surface area contributed by atoms with E-state index in [1.165, 1.54) is 13.4 Å². The van der Waals surface area contributed by atoms with E-state index >= 15 is 0 Å². The van der Waals surface area contributed by atoms with Crippen LogP contribution in [0, 0.1) is 0 Å². The molecule has 0 aromatic heterocycles. The highest BCUT2D eigenvalue weighted by Crippen LogP contribution is 2.44. The van der Waals surface area contributed by atoms with Crippen molar-refractivity contribution < 1.29 is 13.2 Å². The van der Waals surface area contributed by atoms with Gasteiger partial charge in [0.25, 0.3) is 0 Å². The Morgan fingerprint density at radius 1 is 1.35 bits per heavy atom. The summed E-state index contributed by atoms with van der Waals surface area (Å²) in [5.41, 5.74) is 6.61. The average molecular weight is 255 g/mol. The number of methoxy groups -OCH3 is 1. The molecule has 4 nitrogen and oxygen atoms in total. The smallest absolute Gasteiger partial charge is 0.179 e. The zero-order valence-corrected chi connectivity index (χ0v) is 10.9. The van der Waals surface area contributed by atoms with Gasteiger partial charge in [-0.2, -0.15) is 0 Å². The second kappa shape index (κ2) is 3.99. The summed E-state index contributed by atoms with van der Waals surface area (Å²) in [4.78, 5) is 0.217. The van der Waals surface area contributed by atoms with Crippen LogP contribution in [0.3, 0.4) is 0 Å². The van der Waals surface area contributed by atoms with Gasteiger partial charge in [0.1, 0.15) is 10.6 Å². The van der Waals surface area contributed by atoms with Crippen molar-refractivity contribution in [2.45, 2.75) is 29.7 Å². The highest BCUT2D eigenvalue weighted by Gasteiger charge is 2.38. The molecule has 0 spiro atoms. The Morgan fingerprint density at radius 3 is 2.41 bits per heavy atom. The lowest BCUT2D eigenvalue weighted by Gasteiger charge is -2.39. The van der Waals surface area contributed by atoms with Gasteiger partial charge in [0, 0.05) is 17.4 Å². The molecule has 1 fully saturated rings. The zero-order chi connectivity index (χ0) is 12.7. The quantitative estimate of drug-likeness (QED) is 0.887. The van der Waals surface area contributed by atoms with Gasteiger partial charge in [0.2, 0.25) is 0 Å². The third kappa shape index (κ3) is 2.05. The summed E-state index contributed by atoms with van der Waals surface area (Å²) in [6.07, 6.45) is 3.99. The molecule has 2 N–H and O–H groups in total. The lowest BCUT2D eigenvalue weighted by atomic mass is 9.72. The number of hydrogen-bond donors (Lipinski definition) is 1. The SMILES string of the molecule is COc1c(C2(N)CCC2)cccc1S(C)(=O)=O. The van der Waals surface area contributed by atoms with Crippen LogP contribution < -0.4 is 10.5 Å². The molecule has 1 aromatic rings. The molecule has 0 radical (unpaired) electrons. The summed E-state index contributed by atoms with van der Waals surface area (Å²) < 4.78 is 28.6. The number of hydrogen-bond acceptors (Lipinski definition) is 4. The van der Waals surface area contributed by atoms with Crippen molar-refractivity contribution in [2.75, 3.05) is 13.4 Å². The van der Waals surface area contributed by atoms with E-state index < -0.39 is 15.4 Å². The van der Waals surface area contributed by atoms with E-state index in [1.807, 2.05) is 6.07 Å². The van der Waals surface area contributed by atoms with Crippen LogP contribution in [0.5, 0.6) is 5.75 Å². The van der Waals surface area contributed by atoms with E-state index in [9.17, 15) is 8.42 Å². The van der Waals surface area contributed by atoms with Crippen LogP contribution in [0.15, 0.2) is 23.1 Å². The largest absolute Gasteiger partial charge is 0.495 e. The summed E-state index contributed by atoms with van der Waals surface area (Å²) in [5.74, 6) is 0.400. The van der Waals surface area contributed by atoms with Gasteiger partial charge in [-0.25, -0.2) is 8.42 Å². The molecule has 0 bridgehead atoms. The maximum Gasteiger partial charge on any atom is 0.179 e. The van der Waals surface area contributed by atoms with Crippen molar-refractivity contribution in [3.8, 4) is 5.75 Å². The Morgan fingerprint density at radius 2 is 2.00 bits per heavy atom. The van der Waals surface area contributed by atoms with Crippen molar-refractivity contribution >= 4 is 9.84 Å². The molecule has 0 unspecified atom stereocenters. The number of para-hydroxylation sites is 1. The highest BCUT2D eigenvalue weighted by molar-refractivity contribution is 7.90. The molecule has 1 saturated carbocycles. The normalized spacial score (nSPS) is 18.5. The van der Waals surface area contributed by atoms with E-state index in [4.69, 9.17) is 10.5 Å². The van der Waals surface area contributed by atoms with Crippen molar-refractivity contribution in [3.63, 3.8) is 0 Å². The molecule has 0 heterocycles. The molecule has 1 aliphatic carbocycles. The summed E-state index contributed by atoms with van der Waals surface area (Å²) >= 11 is 0. The molecule has 0 amide bonds. The lowest BCUT2D eigenvalue weighted by Crippen LogP contribution is -2.43. The van der Waals surface area contributed by atoms with Crippen LogP contribution in [0.25, 0.3) is 0 Å². The van der Waals surface area contributed by atoms with E-state index in [0.717, 1.165) is 24.8 Å². The van der Waals surface area contributed by atoms with Crippen molar-refractivity contribution in [2.24, 2.45) is 5.73 Å². The Kier molecular flexibility index (Phi) is 2.91. The minimum Gasteiger partial charge on any atom is -0.495 e. The summed E-state index contributed by atoms with van der Waals surface area (Å²) in [5, 5.41) is 0. The molecule has 17 heavy (non-hydrogen) atoms. The molecule has 5 heteroatoms. The highest BCUT2D eigenvalue weighted by atomic mass is 32.2. The Bertz CT molecular complexity index is 533. The first-order valence-electron chi connectivity index (χ1n) is 5.55. The first kappa shape index (κ1) is 12.4. The van der Waals surface area contributed by atoms with Gasteiger partial charge in [-0.3, -0.25) is 0 Å². The van der Waals surface area contributed by atoms with Gasteiger partial charge < -0.3 is 10.5 Å². The van der Waals surface area contributed by atoms with Gasteiger partial charge in [-0.1, -0.05) is 12.1 Å². The maximum absolute atomic E-state index is 11.7. The third-order valence-electron chi connectivity index (χ3n) is 3.36. The van der Waals surface area contributed by atoms with Gasteiger partial charge in [0.15, 0.2) is 9.84 Å². The number of nitrogens with two attached hydrogens (primary N) is 1. The first-order valence-corrected chi connectivity index (χ1v) is 7.44. The molecule has 94 valence electrons. The summed E-state index contributed by atoms with van der Waals surface area (Å²) in [7, 11) is -1.81. The minimum absolute atomic E-state index is 0.217. The fourth-order valence-corrected chi connectivity index (χ4v) is 3.09. The van der Waals surface area contributed by atoms with Gasteiger partial charge in [-0.15, -0.1) is 0 Å². The number of sulfone groups is 1. The van der Waals surface area contributed by atoms with Crippen LogP contribution in [-0.4, -0.2) is 21.8 Å². The van der Waals surface area contributed by atoms with Crippen molar-refractivity contribution in [1.82, 2.24) is 0 Å². The number of ether oxygens (including phenoxy) is 1. The van der Waals surface area contributed by atoms with E-state index in [0.29, 0.717) is 5.75 Å². The van der Waals surface area contributed by atoms with E-state index in [1.54, 1.807) is 12.1 Å². The standard InChI is InChI=1S/C12H17NO3S/c1-16-11-9(12(13)7-4-8-12)5-3-6-10(11)17(2,14)15/h3,5-6H,4,7-8,13H2,1-2H3. The Balaban J connectivity index is 2.62. The molecular formula is C12H17NO3S. The maximum atomic E-state index is 11.7. The topological polar surface area (TPSA) is 69.4 Å². The minimum atomic E-state index is -3.29. The second-order valence-electron chi connectivity index (χ2n) is 4.62. The molecule has 0 aliphatic heterocycles. The fraction of sp³-hybridized carbons (Fsp3) is 0.500. The molecular weight excluding hydrogens is 238 g/mol. The van der Waals surface area contributed by atoms with Crippen molar-refractivity contribution in [1.29, 1.82) is 0 Å². The third-order valence-corrected chi connectivity index (χ3v) is 4.49. The second-order valence-corrected chi connectivity index (χ2v) is 6.60. The van der Waals surface area contributed by atoms with Crippen LogP contribution in [0.2, 0.25) is 0 Å². The number of rotatable bonds is 3. The molecule has 1 aromatic carbocycles. The van der Waals surface area contributed by atoms with E-state index in [2.05, 4.69) is 0 Å². The predicted octanol–water partition coefficient (Wildman–Crippen LogP) is 1.44.